The number of nitrogens with one attached hydrogen (secondary N) is 2. The Hall–Kier alpha value is -1.75. The minimum Gasteiger partial charge on any atom is -0.497 e. The van der Waals surface area contributed by atoms with Gasteiger partial charge in [0.1, 0.15) is 5.75 Å². The summed E-state index contributed by atoms with van der Waals surface area (Å²) in [5, 5.41) is 3.09. The molecule has 0 aliphatic rings. The largest absolute Gasteiger partial charge is 0.497 e. The van der Waals surface area contributed by atoms with Crippen LogP contribution < -0.4 is 15.8 Å². The number of aromatic amines is 1. The molecule has 5 nitrogen and oxygen atoms in total. The molecule has 2 aromatic rings. The van der Waals surface area contributed by atoms with E-state index >= 15 is 0 Å². The van der Waals surface area contributed by atoms with Crippen LogP contribution in [-0.2, 0) is 0 Å². The molecule has 0 bridgehead atoms. The maximum atomic E-state index is 5.39. The number of benzene rings is 1. The fourth-order valence-corrected chi connectivity index (χ4v) is 1.39. The number of hydrogen-bond donors (Lipinski definition) is 3. The second kappa shape index (κ2) is 4.18. The van der Waals surface area contributed by atoms with Gasteiger partial charge in [0.25, 0.3) is 0 Å². The van der Waals surface area contributed by atoms with E-state index in [2.05, 4.69) is 15.3 Å². The van der Waals surface area contributed by atoms with Gasteiger partial charge in [0.2, 0.25) is 5.95 Å². The number of nitrogens with two attached hydrogens (primary N) is 1. The second-order valence-electron chi connectivity index (χ2n) is 3.18. The number of nitrogens with zero attached hydrogens (tertiary/aromatic N) is 1. The summed E-state index contributed by atoms with van der Waals surface area (Å²) in [7, 11) is 1.64. The number of ether oxygens (including phenoxy) is 1. The number of H-pyrrole nitrogens is 1. The summed E-state index contributed by atoms with van der Waals surface area (Å²) >= 11 is 0. The average molecular weight is 206 g/mol. The Morgan fingerprint density at radius 3 is 3.13 bits per heavy atom. The SMILES string of the molecule is COc1ccc2nc(NCCN)[nH]c2c1. The Balaban J connectivity index is 2.29. The van der Waals surface area contributed by atoms with Crippen LogP contribution in [0.5, 0.6) is 5.75 Å². The molecule has 0 aliphatic carbocycles. The lowest BCUT2D eigenvalue weighted by Crippen LogP contribution is -2.13. The van der Waals surface area contributed by atoms with Gasteiger partial charge in [-0.2, -0.15) is 0 Å². The van der Waals surface area contributed by atoms with Crippen molar-refractivity contribution < 1.29 is 4.74 Å². The summed E-state index contributed by atoms with van der Waals surface area (Å²) in [6.07, 6.45) is 0. The van der Waals surface area contributed by atoms with Gasteiger partial charge >= 0.3 is 0 Å². The first-order valence-corrected chi connectivity index (χ1v) is 4.81. The van der Waals surface area contributed by atoms with E-state index in [4.69, 9.17) is 10.5 Å². The molecular formula is C10H14N4O. The van der Waals surface area contributed by atoms with E-state index in [0.29, 0.717) is 13.1 Å². The lowest BCUT2D eigenvalue weighted by molar-refractivity contribution is 0.415. The third-order valence-electron chi connectivity index (χ3n) is 2.13. The topological polar surface area (TPSA) is 76.0 Å². The molecule has 80 valence electrons. The Morgan fingerprint density at radius 2 is 2.40 bits per heavy atom. The summed E-state index contributed by atoms with van der Waals surface area (Å²) in [4.78, 5) is 7.50. The number of aromatic nitrogens is 2. The van der Waals surface area contributed by atoms with Crippen LogP contribution >= 0.6 is 0 Å². The molecule has 1 aromatic heterocycles. The second-order valence-corrected chi connectivity index (χ2v) is 3.18. The molecule has 15 heavy (non-hydrogen) atoms. The quantitative estimate of drug-likeness (QED) is 0.696. The third kappa shape index (κ3) is 2.02. The maximum absolute atomic E-state index is 5.39. The van der Waals surface area contributed by atoms with E-state index in [1.807, 2.05) is 18.2 Å². The lowest BCUT2D eigenvalue weighted by atomic mass is 10.3. The predicted molar refractivity (Wildman–Crippen MR) is 60.2 cm³/mol. The van der Waals surface area contributed by atoms with Crippen LogP contribution in [0.2, 0.25) is 0 Å². The standard InChI is InChI=1S/C10H14N4O/c1-15-7-2-3-8-9(6-7)14-10(13-8)12-5-4-11/h2-3,6H,4-5,11H2,1H3,(H2,12,13,14). The van der Waals surface area contributed by atoms with Gasteiger partial charge in [-0.05, 0) is 12.1 Å². The Bertz CT molecular complexity index is 452. The Morgan fingerprint density at radius 1 is 1.53 bits per heavy atom. The lowest BCUT2D eigenvalue weighted by Gasteiger charge is -1.97. The Labute approximate surface area is 87.6 Å². The molecule has 1 aromatic carbocycles. The molecule has 2 rings (SSSR count). The normalized spacial score (nSPS) is 10.5. The van der Waals surface area contributed by atoms with Crippen molar-refractivity contribution in [1.82, 2.24) is 9.97 Å². The molecule has 0 radical (unpaired) electrons. The van der Waals surface area contributed by atoms with E-state index in [9.17, 15) is 0 Å². The first kappa shape index (κ1) is 9.79. The molecule has 5 heteroatoms. The predicted octanol–water partition coefficient (Wildman–Crippen LogP) is 0.942. The van der Waals surface area contributed by atoms with Gasteiger partial charge in [-0.1, -0.05) is 0 Å². The van der Waals surface area contributed by atoms with Crippen LogP contribution in [0.25, 0.3) is 11.0 Å². The van der Waals surface area contributed by atoms with E-state index in [-0.39, 0.29) is 0 Å². The van der Waals surface area contributed by atoms with Crippen molar-refractivity contribution in [2.75, 3.05) is 25.5 Å². The third-order valence-corrected chi connectivity index (χ3v) is 2.13. The van der Waals surface area contributed by atoms with Gasteiger partial charge in [0, 0.05) is 19.2 Å². The van der Waals surface area contributed by atoms with Crippen molar-refractivity contribution in [3.05, 3.63) is 18.2 Å². The minimum absolute atomic E-state index is 0.584. The number of hydrogen-bond acceptors (Lipinski definition) is 4. The van der Waals surface area contributed by atoms with Gasteiger partial charge in [-0.3, -0.25) is 0 Å². The van der Waals surface area contributed by atoms with Crippen LogP contribution in [0.1, 0.15) is 0 Å². The molecular weight excluding hydrogens is 192 g/mol. The fraction of sp³-hybridized carbons (Fsp3) is 0.300. The first-order valence-electron chi connectivity index (χ1n) is 4.81. The number of methoxy groups -OCH3 is 1. The van der Waals surface area contributed by atoms with Crippen molar-refractivity contribution in [1.29, 1.82) is 0 Å². The summed E-state index contributed by atoms with van der Waals surface area (Å²) in [5.41, 5.74) is 7.26. The van der Waals surface area contributed by atoms with E-state index in [1.54, 1.807) is 7.11 Å². The van der Waals surface area contributed by atoms with Gasteiger partial charge in [0.05, 0.1) is 18.1 Å². The number of rotatable bonds is 4. The smallest absolute Gasteiger partial charge is 0.201 e. The van der Waals surface area contributed by atoms with Gasteiger partial charge in [-0.15, -0.1) is 0 Å². The maximum Gasteiger partial charge on any atom is 0.201 e. The number of anilines is 1. The van der Waals surface area contributed by atoms with Crippen molar-refractivity contribution in [3.8, 4) is 5.75 Å². The zero-order valence-electron chi connectivity index (χ0n) is 8.58. The first-order chi connectivity index (χ1) is 7.33. The fourth-order valence-electron chi connectivity index (χ4n) is 1.39. The molecule has 4 N–H and O–H groups in total. The van der Waals surface area contributed by atoms with E-state index in [0.717, 1.165) is 22.7 Å². The van der Waals surface area contributed by atoms with Crippen LogP contribution in [0.4, 0.5) is 5.95 Å². The van der Waals surface area contributed by atoms with Gasteiger partial charge in [-0.25, -0.2) is 4.98 Å². The molecule has 0 aliphatic heterocycles. The van der Waals surface area contributed by atoms with Crippen molar-refractivity contribution in [2.45, 2.75) is 0 Å². The highest BCUT2D eigenvalue weighted by molar-refractivity contribution is 5.79. The highest BCUT2D eigenvalue weighted by Gasteiger charge is 2.02. The summed E-state index contributed by atoms with van der Waals surface area (Å²) in [5.74, 6) is 1.56. The minimum atomic E-state index is 0.584. The van der Waals surface area contributed by atoms with Gasteiger partial charge in [0.15, 0.2) is 0 Å². The number of imidazole rings is 1. The zero-order valence-corrected chi connectivity index (χ0v) is 8.58. The highest BCUT2D eigenvalue weighted by Crippen LogP contribution is 2.19. The molecule has 0 fully saturated rings. The molecule has 1 heterocycles. The van der Waals surface area contributed by atoms with Crippen molar-refractivity contribution in [2.24, 2.45) is 5.73 Å². The summed E-state index contributed by atoms with van der Waals surface area (Å²) in [6, 6.07) is 5.71. The van der Waals surface area contributed by atoms with Crippen LogP contribution in [0, 0.1) is 0 Å². The number of fused-ring (bicyclic) bond motifs is 1. The van der Waals surface area contributed by atoms with Crippen molar-refractivity contribution >= 4 is 17.0 Å². The molecule has 0 amide bonds. The van der Waals surface area contributed by atoms with Crippen molar-refractivity contribution in [3.63, 3.8) is 0 Å². The Kier molecular flexibility index (Phi) is 2.73. The van der Waals surface area contributed by atoms with Crippen LogP contribution in [0.3, 0.4) is 0 Å². The van der Waals surface area contributed by atoms with Gasteiger partial charge < -0.3 is 20.8 Å². The van der Waals surface area contributed by atoms with E-state index in [1.165, 1.54) is 0 Å². The highest BCUT2D eigenvalue weighted by atomic mass is 16.5. The molecule has 0 saturated carbocycles. The monoisotopic (exact) mass is 206 g/mol. The molecule has 0 unspecified atom stereocenters. The molecule has 0 spiro atoms. The zero-order chi connectivity index (χ0) is 10.7. The summed E-state index contributed by atoms with van der Waals surface area (Å²) in [6.45, 7) is 1.29. The van der Waals surface area contributed by atoms with Crippen LogP contribution in [0.15, 0.2) is 18.2 Å². The molecule has 0 saturated heterocycles. The average Bonchev–Trinajstić information content (AvgIpc) is 2.67. The summed E-state index contributed by atoms with van der Waals surface area (Å²) < 4.78 is 5.12. The van der Waals surface area contributed by atoms with E-state index < -0.39 is 0 Å². The van der Waals surface area contributed by atoms with Crippen LogP contribution in [-0.4, -0.2) is 30.2 Å². The molecule has 0 atom stereocenters.